The van der Waals surface area contributed by atoms with E-state index in [1.807, 2.05) is 0 Å². The van der Waals surface area contributed by atoms with Crippen molar-refractivity contribution in [1.82, 2.24) is 5.32 Å². The summed E-state index contributed by atoms with van der Waals surface area (Å²) < 4.78 is 0. The first-order valence-electron chi connectivity index (χ1n) is 7.75. The van der Waals surface area contributed by atoms with Crippen molar-refractivity contribution >= 4 is 5.91 Å². The standard InChI is InChI=1S/C15H30N2O/c1-2-3-4-5-11-17-15(18)14-8-6-7-13(12-14)9-10-16/h13-14H,2-12,16H2,1H3,(H,17,18). The Morgan fingerprint density at radius 2 is 2.11 bits per heavy atom. The lowest BCUT2D eigenvalue weighted by atomic mass is 9.79. The normalized spacial score (nSPS) is 23.9. The molecule has 2 atom stereocenters. The van der Waals surface area contributed by atoms with Crippen LogP contribution in [-0.4, -0.2) is 19.0 Å². The lowest BCUT2D eigenvalue weighted by Gasteiger charge is -2.28. The summed E-state index contributed by atoms with van der Waals surface area (Å²) in [6.07, 6.45) is 10.5. The maximum Gasteiger partial charge on any atom is 0.223 e. The molecule has 1 fully saturated rings. The van der Waals surface area contributed by atoms with Crippen molar-refractivity contribution in [3.63, 3.8) is 0 Å². The van der Waals surface area contributed by atoms with Crippen LogP contribution in [0.15, 0.2) is 0 Å². The van der Waals surface area contributed by atoms with E-state index in [-0.39, 0.29) is 11.8 Å². The van der Waals surface area contributed by atoms with Crippen LogP contribution >= 0.6 is 0 Å². The highest BCUT2D eigenvalue weighted by Gasteiger charge is 2.26. The van der Waals surface area contributed by atoms with E-state index in [1.54, 1.807) is 0 Å². The van der Waals surface area contributed by atoms with Crippen LogP contribution in [0.3, 0.4) is 0 Å². The van der Waals surface area contributed by atoms with Crippen molar-refractivity contribution in [2.75, 3.05) is 13.1 Å². The number of unbranched alkanes of at least 4 members (excludes halogenated alkanes) is 3. The van der Waals surface area contributed by atoms with Gasteiger partial charge in [0.1, 0.15) is 0 Å². The Bertz CT molecular complexity index is 229. The molecule has 3 nitrogen and oxygen atoms in total. The SMILES string of the molecule is CCCCCCNC(=O)C1CCCC(CCN)C1. The fraction of sp³-hybridized carbons (Fsp3) is 0.933. The van der Waals surface area contributed by atoms with Gasteiger partial charge in [-0.25, -0.2) is 0 Å². The highest BCUT2D eigenvalue weighted by atomic mass is 16.1. The zero-order valence-corrected chi connectivity index (χ0v) is 11.9. The summed E-state index contributed by atoms with van der Waals surface area (Å²) in [5, 5.41) is 3.10. The van der Waals surface area contributed by atoms with Gasteiger partial charge in [-0.05, 0) is 38.1 Å². The second kappa shape index (κ2) is 9.37. The lowest BCUT2D eigenvalue weighted by molar-refractivity contribution is -0.126. The molecule has 0 aromatic carbocycles. The molecule has 3 heteroatoms. The van der Waals surface area contributed by atoms with Gasteiger partial charge in [0.2, 0.25) is 5.91 Å². The molecule has 3 N–H and O–H groups in total. The number of nitrogens with one attached hydrogen (secondary N) is 1. The topological polar surface area (TPSA) is 55.1 Å². The second-order valence-corrected chi connectivity index (χ2v) is 5.66. The molecule has 1 aliphatic carbocycles. The first-order valence-corrected chi connectivity index (χ1v) is 7.75. The van der Waals surface area contributed by atoms with Crippen LogP contribution in [0.4, 0.5) is 0 Å². The maximum atomic E-state index is 12.0. The molecule has 0 aromatic rings. The fourth-order valence-corrected chi connectivity index (χ4v) is 2.93. The zero-order chi connectivity index (χ0) is 13.2. The molecule has 0 spiro atoms. The van der Waals surface area contributed by atoms with Gasteiger partial charge in [-0.3, -0.25) is 4.79 Å². The summed E-state index contributed by atoms with van der Waals surface area (Å²) in [7, 11) is 0. The minimum atomic E-state index is 0.251. The Kier molecular flexibility index (Phi) is 8.06. The van der Waals surface area contributed by atoms with E-state index in [0.29, 0.717) is 5.92 Å². The molecular formula is C15H30N2O. The second-order valence-electron chi connectivity index (χ2n) is 5.66. The lowest BCUT2D eigenvalue weighted by Crippen LogP contribution is -2.34. The van der Waals surface area contributed by atoms with Crippen LogP contribution in [0.25, 0.3) is 0 Å². The van der Waals surface area contributed by atoms with E-state index in [9.17, 15) is 4.79 Å². The van der Waals surface area contributed by atoms with E-state index in [2.05, 4.69) is 12.2 Å². The van der Waals surface area contributed by atoms with E-state index < -0.39 is 0 Å². The minimum absolute atomic E-state index is 0.251. The van der Waals surface area contributed by atoms with Crippen molar-refractivity contribution in [2.45, 2.75) is 64.7 Å². The molecule has 0 saturated heterocycles. The van der Waals surface area contributed by atoms with Crippen molar-refractivity contribution in [1.29, 1.82) is 0 Å². The van der Waals surface area contributed by atoms with Gasteiger partial charge in [0.05, 0.1) is 0 Å². The Balaban J connectivity index is 2.16. The van der Waals surface area contributed by atoms with Crippen LogP contribution in [0.1, 0.15) is 64.7 Å². The predicted molar refractivity (Wildman–Crippen MR) is 76.3 cm³/mol. The Morgan fingerprint density at radius 1 is 1.28 bits per heavy atom. The molecule has 2 unspecified atom stereocenters. The number of hydrogen-bond donors (Lipinski definition) is 2. The summed E-state index contributed by atoms with van der Waals surface area (Å²) >= 11 is 0. The van der Waals surface area contributed by atoms with Gasteiger partial charge in [-0.15, -0.1) is 0 Å². The molecule has 106 valence electrons. The van der Waals surface area contributed by atoms with Crippen molar-refractivity contribution in [3.05, 3.63) is 0 Å². The predicted octanol–water partition coefficient (Wildman–Crippen LogP) is 2.84. The molecule has 0 aromatic heterocycles. The van der Waals surface area contributed by atoms with Crippen LogP contribution < -0.4 is 11.1 Å². The highest BCUT2D eigenvalue weighted by molar-refractivity contribution is 5.78. The van der Waals surface area contributed by atoms with Crippen molar-refractivity contribution in [3.8, 4) is 0 Å². The van der Waals surface area contributed by atoms with Crippen molar-refractivity contribution < 1.29 is 4.79 Å². The number of nitrogens with two attached hydrogens (primary N) is 1. The molecule has 0 bridgehead atoms. The van der Waals surface area contributed by atoms with Gasteiger partial charge < -0.3 is 11.1 Å². The van der Waals surface area contributed by atoms with Crippen molar-refractivity contribution in [2.24, 2.45) is 17.6 Å². The smallest absolute Gasteiger partial charge is 0.223 e. The summed E-state index contributed by atoms with van der Waals surface area (Å²) in [5.74, 6) is 1.22. The van der Waals surface area contributed by atoms with Crippen LogP contribution in [0.2, 0.25) is 0 Å². The first-order chi connectivity index (χ1) is 8.77. The summed E-state index contributed by atoms with van der Waals surface area (Å²) in [6, 6.07) is 0. The fourth-order valence-electron chi connectivity index (χ4n) is 2.93. The third-order valence-electron chi connectivity index (χ3n) is 4.06. The largest absolute Gasteiger partial charge is 0.356 e. The van der Waals surface area contributed by atoms with Gasteiger partial charge in [0.15, 0.2) is 0 Å². The first kappa shape index (κ1) is 15.5. The number of hydrogen-bond acceptors (Lipinski definition) is 2. The van der Waals surface area contributed by atoms with E-state index in [1.165, 1.54) is 32.1 Å². The zero-order valence-electron chi connectivity index (χ0n) is 11.9. The Labute approximate surface area is 112 Å². The molecule has 0 heterocycles. The minimum Gasteiger partial charge on any atom is -0.356 e. The number of carbonyl (C=O) groups is 1. The molecular weight excluding hydrogens is 224 g/mol. The third kappa shape index (κ3) is 5.85. The van der Waals surface area contributed by atoms with Crippen LogP contribution in [0.5, 0.6) is 0 Å². The van der Waals surface area contributed by atoms with E-state index in [4.69, 9.17) is 5.73 Å². The van der Waals surface area contributed by atoms with Crippen LogP contribution in [-0.2, 0) is 4.79 Å². The monoisotopic (exact) mass is 254 g/mol. The molecule has 1 amide bonds. The van der Waals surface area contributed by atoms with Gasteiger partial charge in [0, 0.05) is 12.5 Å². The number of amides is 1. The number of rotatable bonds is 8. The average Bonchev–Trinajstić information content (AvgIpc) is 2.39. The average molecular weight is 254 g/mol. The van der Waals surface area contributed by atoms with Gasteiger partial charge in [-0.1, -0.05) is 39.0 Å². The molecule has 1 rings (SSSR count). The Morgan fingerprint density at radius 3 is 2.83 bits per heavy atom. The Hall–Kier alpha value is -0.570. The summed E-state index contributed by atoms with van der Waals surface area (Å²) in [5.41, 5.74) is 5.61. The van der Waals surface area contributed by atoms with Gasteiger partial charge >= 0.3 is 0 Å². The summed E-state index contributed by atoms with van der Waals surface area (Å²) in [6.45, 7) is 3.82. The molecule has 0 radical (unpaired) electrons. The quantitative estimate of drug-likeness (QED) is 0.654. The van der Waals surface area contributed by atoms with Gasteiger partial charge in [-0.2, -0.15) is 0 Å². The molecule has 1 saturated carbocycles. The molecule has 0 aliphatic heterocycles. The maximum absolute atomic E-state index is 12.0. The third-order valence-corrected chi connectivity index (χ3v) is 4.06. The van der Waals surface area contributed by atoms with Gasteiger partial charge in [0.25, 0.3) is 0 Å². The molecule has 1 aliphatic rings. The highest BCUT2D eigenvalue weighted by Crippen LogP contribution is 2.30. The van der Waals surface area contributed by atoms with E-state index >= 15 is 0 Å². The van der Waals surface area contributed by atoms with Crippen LogP contribution in [0, 0.1) is 11.8 Å². The van der Waals surface area contributed by atoms with E-state index in [0.717, 1.165) is 38.8 Å². The number of carbonyl (C=O) groups excluding carboxylic acids is 1. The molecule has 18 heavy (non-hydrogen) atoms. The summed E-state index contributed by atoms with van der Waals surface area (Å²) in [4.78, 5) is 12.0.